The highest BCUT2D eigenvalue weighted by Gasteiger charge is 2.07. The van der Waals surface area contributed by atoms with Crippen LogP contribution in [-0.4, -0.2) is 39.9 Å². The molecule has 108 valence electrons. The largest absolute Gasteiger partial charge is 0.426 e. The molecule has 5 heteroatoms. The fraction of sp³-hybridized carbons (Fsp3) is 0.467. The van der Waals surface area contributed by atoms with Crippen molar-refractivity contribution in [3.05, 3.63) is 47.7 Å². The van der Waals surface area contributed by atoms with Crippen LogP contribution in [0.5, 0.6) is 0 Å². The van der Waals surface area contributed by atoms with E-state index in [4.69, 9.17) is 9.52 Å². The van der Waals surface area contributed by atoms with Crippen LogP contribution in [0.3, 0.4) is 0 Å². The molecule has 1 heterocycles. The first-order valence-corrected chi connectivity index (χ1v) is 6.94. The van der Waals surface area contributed by atoms with Crippen LogP contribution in [0.4, 0.5) is 0 Å². The molecule has 0 saturated carbocycles. The van der Waals surface area contributed by atoms with E-state index >= 15 is 0 Å². The number of aromatic nitrogens is 2. The predicted octanol–water partition coefficient (Wildman–Crippen LogP) is 1.81. The van der Waals surface area contributed by atoms with Gasteiger partial charge in [-0.25, -0.2) is 0 Å². The van der Waals surface area contributed by atoms with Gasteiger partial charge in [0.2, 0.25) is 11.8 Å². The molecule has 0 fully saturated rings. The molecule has 20 heavy (non-hydrogen) atoms. The van der Waals surface area contributed by atoms with Crippen LogP contribution in [0, 0.1) is 6.92 Å². The van der Waals surface area contributed by atoms with Gasteiger partial charge in [-0.05, 0) is 18.5 Å². The Morgan fingerprint density at radius 1 is 1.15 bits per heavy atom. The summed E-state index contributed by atoms with van der Waals surface area (Å²) < 4.78 is 5.35. The molecule has 0 aliphatic carbocycles. The van der Waals surface area contributed by atoms with Crippen molar-refractivity contribution in [2.45, 2.75) is 26.3 Å². The van der Waals surface area contributed by atoms with Crippen LogP contribution >= 0.6 is 0 Å². The molecular formula is C15H21N3O2. The Hall–Kier alpha value is -1.72. The van der Waals surface area contributed by atoms with Crippen molar-refractivity contribution in [2.75, 3.05) is 19.7 Å². The van der Waals surface area contributed by atoms with Crippen molar-refractivity contribution in [3.63, 3.8) is 0 Å². The van der Waals surface area contributed by atoms with Crippen LogP contribution in [0.25, 0.3) is 0 Å². The first kappa shape index (κ1) is 14.7. The quantitative estimate of drug-likeness (QED) is 0.796. The number of nitrogens with zero attached hydrogens (tertiary/aromatic N) is 3. The molecule has 0 saturated heterocycles. The van der Waals surface area contributed by atoms with E-state index in [0.717, 1.165) is 25.9 Å². The van der Waals surface area contributed by atoms with Crippen molar-refractivity contribution in [1.82, 2.24) is 15.1 Å². The van der Waals surface area contributed by atoms with Gasteiger partial charge in [0.15, 0.2) is 0 Å². The second kappa shape index (κ2) is 7.77. The van der Waals surface area contributed by atoms with E-state index in [2.05, 4.69) is 27.2 Å². The third-order valence-electron chi connectivity index (χ3n) is 3.10. The number of aliphatic hydroxyl groups excluding tert-OH is 1. The van der Waals surface area contributed by atoms with Gasteiger partial charge in [0.05, 0.1) is 6.61 Å². The molecule has 0 spiro atoms. The van der Waals surface area contributed by atoms with E-state index in [1.165, 1.54) is 5.56 Å². The molecule has 2 aromatic rings. The van der Waals surface area contributed by atoms with Gasteiger partial charge >= 0.3 is 0 Å². The summed E-state index contributed by atoms with van der Waals surface area (Å²) in [7, 11) is 0. The topological polar surface area (TPSA) is 62.4 Å². The number of hydrogen-bond acceptors (Lipinski definition) is 5. The van der Waals surface area contributed by atoms with E-state index in [-0.39, 0.29) is 6.61 Å². The molecule has 5 nitrogen and oxygen atoms in total. The summed E-state index contributed by atoms with van der Waals surface area (Å²) in [5.41, 5.74) is 1.26. The normalized spacial score (nSPS) is 11.2. The van der Waals surface area contributed by atoms with Crippen LogP contribution in [0.1, 0.15) is 23.8 Å². The number of hydrogen-bond donors (Lipinski definition) is 1. The fourth-order valence-corrected chi connectivity index (χ4v) is 2.15. The lowest BCUT2D eigenvalue weighted by Crippen LogP contribution is -2.27. The molecule has 0 amide bonds. The minimum Gasteiger partial charge on any atom is -0.426 e. The number of aliphatic hydroxyl groups is 1. The van der Waals surface area contributed by atoms with Gasteiger partial charge in [-0.15, -0.1) is 10.2 Å². The van der Waals surface area contributed by atoms with Gasteiger partial charge in [-0.2, -0.15) is 0 Å². The highest BCUT2D eigenvalue weighted by atomic mass is 16.4. The third kappa shape index (κ3) is 4.75. The zero-order valence-electron chi connectivity index (χ0n) is 11.8. The summed E-state index contributed by atoms with van der Waals surface area (Å²) in [6.07, 6.45) is 1.71. The molecular weight excluding hydrogens is 254 g/mol. The van der Waals surface area contributed by atoms with E-state index in [1.807, 2.05) is 18.2 Å². The van der Waals surface area contributed by atoms with Gasteiger partial charge in [0.25, 0.3) is 0 Å². The summed E-state index contributed by atoms with van der Waals surface area (Å²) in [5.74, 6) is 1.29. The second-order valence-corrected chi connectivity index (χ2v) is 4.80. The van der Waals surface area contributed by atoms with Gasteiger partial charge in [-0.1, -0.05) is 30.3 Å². The zero-order chi connectivity index (χ0) is 14.2. The third-order valence-corrected chi connectivity index (χ3v) is 3.10. The van der Waals surface area contributed by atoms with Crippen molar-refractivity contribution >= 4 is 0 Å². The molecule has 1 aromatic carbocycles. The summed E-state index contributed by atoms with van der Waals surface area (Å²) >= 11 is 0. The number of aryl methyl sites for hydroxylation is 2. The first-order valence-electron chi connectivity index (χ1n) is 6.94. The summed E-state index contributed by atoms with van der Waals surface area (Å²) in [5, 5.41) is 17.0. The van der Waals surface area contributed by atoms with E-state index in [1.54, 1.807) is 6.92 Å². The van der Waals surface area contributed by atoms with Gasteiger partial charge < -0.3 is 9.52 Å². The van der Waals surface area contributed by atoms with Gasteiger partial charge in [0.1, 0.15) is 0 Å². The Kier molecular flexibility index (Phi) is 5.70. The summed E-state index contributed by atoms with van der Waals surface area (Å²) in [4.78, 5) is 2.23. The Balaban J connectivity index is 1.80. The lowest BCUT2D eigenvalue weighted by Gasteiger charge is -2.21. The van der Waals surface area contributed by atoms with Gasteiger partial charge in [0, 0.05) is 26.4 Å². The predicted molar refractivity (Wildman–Crippen MR) is 76.2 cm³/mol. The van der Waals surface area contributed by atoms with Crippen LogP contribution in [0.2, 0.25) is 0 Å². The molecule has 1 N–H and O–H groups in total. The molecule has 0 aliphatic rings. The molecule has 0 radical (unpaired) electrons. The van der Waals surface area contributed by atoms with E-state index in [9.17, 15) is 0 Å². The molecule has 1 aromatic heterocycles. The standard InChI is InChI=1S/C15H21N3O2/c1-13-16-17-15(20-13)8-5-9-18(10-11-19)12-14-6-3-2-4-7-14/h2-4,6-7,19H,5,8-12H2,1H3. The Morgan fingerprint density at radius 3 is 2.60 bits per heavy atom. The number of rotatable bonds is 8. The lowest BCUT2D eigenvalue weighted by atomic mass is 10.2. The van der Waals surface area contributed by atoms with Crippen molar-refractivity contribution in [2.24, 2.45) is 0 Å². The summed E-state index contributed by atoms with van der Waals surface area (Å²) in [6.45, 7) is 4.40. The Morgan fingerprint density at radius 2 is 1.95 bits per heavy atom. The second-order valence-electron chi connectivity index (χ2n) is 4.80. The van der Waals surface area contributed by atoms with Crippen LogP contribution in [-0.2, 0) is 13.0 Å². The molecule has 0 unspecified atom stereocenters. The molecule has 0 atom stereocenters. The van der Waals surface area contributed by atoms with Crippen LogP contribution < -0.4 is 0 Å². The van der Waals surface area contributed by atoms with Crippen molar-refractivity contribution in [1.29, 1.82) is 0 Å². The van der Waals surface area contributed by atoms with Gasteiger partial charge in [-0.3, -0.25) is 4.90 Å². The fourth-order valence-electron chi connectivity index (χ4n) is 2.15. The monoisotopic (exact) mass is 275 g/mol. The zero-order valence-corrected chi connectivity index (χ0v) is 11.8. The molecule has 0 aliphatic heterocycles. The van der Waals surface area contributed by atoms with E-state index in [0.29, 0.717) is 18.3 Å². The lowest BCUT2D eigenvalue weighted by molar-refractivity contribution is 0.188. The minimum atomic E-state index is 0.173. The Bertz CT molecular complexity index is 499. The highest BCUT2D eigenvalue weighted by Crippen LogP contribution is 2.07. The van der Waals surface area contributed by atoms with Crippen molar-refractivity contribution in [3.8, 4) is 0 Å². The Labute approximate surface area is 119 Å². The van der Waals surface area contributed by atoms with Crippen molar-refractivity contribution < 1.29 is 9.52 Å². The maximum atomic E-state index is 9.15. The minimum absolute atomic E-state index is 0.173. The maximum absolute atomic E-state index is 9.15. The number of benzene rings is 1. The van der Waals surface area contributed by atoms with Crippen LogP contribution in [0.15, 0.2) is 34.7 Å². The molecule has 0 bridgehead atoms. The highest BCUT2D eigenvalue weighted by molar-refractivity contribution is 5.14. The molecule has 2 rings (SSSR count). The average Bonchev–Trinajstić information content (AvgIpc) is 2.86. The average molecular weight is 275 g/mol. The SMILES string of the molecule is Cc1nnc(CCCN(CCO)Cc2ccccc2)o1. The smallest absolute Gasteiger partial charge is 0.216 e. The maximum Gasteiger partial charge on any atom is 0.216 e. The van der Waals surface area contributed by atoms with E-state index < -0.39 is 0 Å². The first-order chi connectivity index (χ1) is 9.78. The summed E-state index contributed by atoms with van der Waals surface area (Å²) in [6, 6.07) is 10.3.